The molecular formula is C11H9N3O4. The van der Waals surface area contributed by atoms with Crippen molar-refractivity contribution < 1.29 is 19.4 Å². The summed E-state index contributed by atoms with van der Waals surface area (Å²) in [4.78, 5) is 21.9. The average molecular weight is 247 g/mol. The van der Waals surface area contributed by atoms with E-state index < -0.39 is 11.9 Å². The van der Waals surface area contributed by atoms with Crippen molar-refractivity contribution in [3.05, 3.63) is 41.7 Å². The number of nitrogens with zero attached hydrogens (tertiary/aromatic N) is 3. The summed E-state index contributed by atoms with van der Waals surface area (Å²) in [7, 11) is 1.25. The SMILES string of the molecule is COC(=O)c1cn(-c2ccc(C(=O)O)cc2)nn1. The molecule has 2 rings (SSSR count). The number of carboxylic acid groups (broad SMARTS) is 1. The van der Waals surface area contributed by atoms with Crippen LogP contribution < -0.4 is 0 Å². The Balaban J connectivity index is 2.29. The lowest BCUT2D eigenvalue weighted by Gasteiger charge is -2.00. The second-order valence-electron chi connectivity index (χ2n) is 3.39. The van der Waals surface area contributed by atoms with Crippen LogP contribution in [0, 0.1) is 0 Å². The first kappa shape index (κ1) is 11.8. The second-order valence-corrected chi connectivity index (χ2v) is 3.39. The summed E-state index contributed by atoms with van der Waals surface area (Å²) in [5.41, 5.74) is 0.856. The Hall–Kier alpha value is -2.70. The van der Waals surface area contributed by atoms with Crippen molar-refractivity contribution in [2.75, 3.05) is 7.11 Å². The molecule has 18 heavy (non-hydrogen) atoms. The van der Waals surface area contributed by atoms with Gasteiger partial charge in [-0.1, -0.05) is 5.21 Å². The predicted octanol–water partition coefficient (Wildman–Crippen LogP) is 0.752. The van der Waals surface area contributed by atoms with E-state index in [-0.39, 0.29) is 11.3 Å². The number of carbonyl (C=O) groups is 2. The Morgan fingerprint density at radius 2 is 1.94 bits per heavy atom. The fraction of sp³-hybridized carbons (Fsp3) is 0.0909. The van der Waals surface area contributed by atoms with Crippen molar-refractivity contribution in [1.82, 2.24) is 15.0 Å². The Kier molecular flexibility index (Phi) is 3.05. The number of hydrogen-bond donors (Lipinski definition) is 1. The summed E-state index contributed by atoms with van der Waals surface area (Å²) in [6, 6.07) is 6.02. The third-order valence-electron chi connectivity index (χ3n) is 2.27. The molecule has 0 unspecified atom stereocenters. The maximum absolute atomic E-state index is 11.2. The van der Waals surface area contributed by atoms with Gasteiger partial charge >= 0.3 is 11.9 Å². The lowest BCUT2D eigenvalue weighted by molar-refractivity contribution is 0.0593. The maximum atomic E-state index is 11.2. The van der Waals surface area contributed by atoms with E-state index >= 15 is 0 Å². The largest absolute Gasteiger partial charge is 0.478 e. The van der Waals surface area contributed by atoms with Gasteiger partial charge in [0.15, 0.2) is 5.69 Å². The standard InChI is InChI=1S/C11H9N3O4/c1-18-11(17)9-6-14(13-12-9)8-4-2-7(3-5-8)10(15)16/h2-6H,1H3,(H,15,16). The molecule has 1 N–H and O–H groups in total. The van der Waals surface area contributed by atoms with Gasteiger partial charge in [-0.2, -0.15) is 0 Å². The summed E-state index contributed by atoms with van der Waals surface area (Å²) < 4.78 is 5.86. The van der Waals surface area contributed by atoms with E-state index in [2.05, 4.69) is 15.0 Å². The minimum atomic E-state index is -1.00. The van der Waals surface area contributed by atoms with Crippen LogP contribution in [0.4, 0.5) is 0 Å². The highest BCUT2D eigenvalue weighted by atomic mass is 16.5. The van der Waals surface area contributed by atoms with Gasteiger partial charge < -0.3 is 9.84 Å². The Morgan fingerprint density at radius 3 is 2.50 bits per heavy atom. The monoisotopic (exact) mass is 247 g/mol. The van der Waals surface area contributed by atoms with Gasteiger partial charge in [0.2, 0.25) is 0 Å². The van der Waals surface area contributed by atoms with E-state index in [1.807, 2.05) is 0 Å². The Labute approximate surface area is 102 Å². The fourth-order valence-corrected chi connectivity index (χ4v) is 1.34. The van der Waals surface area contributed by atoms with E-state index in [0.29, 0.717) is 5.69 Å². The van der Waals surface area contributed by atoms with Crippen LogP contribution in [0.1, 0.15) is 20.8 Å². The van der Waals surface area contributed by atoms with Crippen LogP contribution in [0.5, 0.6) is 0 Å². The zero-order valence-electron chi connectivity index (χ0n) is 9.40. The van der Waals surface area contributed by atoms with Gasteiger partial charge in [-0.25, -0.2) is 14.3 Å². The zero-order valence-corrected chi connectivity index (χ0v) is 9.40. The molecule has 92 valence electrons. The Bertz CT molecular complexity index is 589. The van der Waals surface area contributed by atoms with Crippen LogP contribution >= 0.6 is 0 Å². The van der Waals surface area contributed by atoms with Gasteiger partial charge in [-0.3, -0.25) is 0 Å². The number of rotatable bonds is 3. The summed E-state index contributed by atoms with van der Waals surface area (Å²) in [6.07, 6.45) is 1.40. The molecule has 0 aliphatic heterocycles. The highest BCUT2D eigenvalue weighted by molar-refractivity contribution is 5.88. The molecule has 7 nitrogen and oxygen atoms in total. The van der Waals surface area contributed by atoms with Gasteiger partial charge in [-0.15, -0.1) is 5.10 Å². The minimum absolute atomic E-state index is 0.0832. The summed E-state index contributed by atoms with van der Waals surface area (Å²) in [5, 5.41) is 16.2. The third-order valence-corrected chi connectivity index (χ3v) is 2.27. The summed E-state index contributed by atoms with van der Waals surface area (Å²) in [6.45, 7) is 0. The van der Waals surface area contributed by atoms with Crippen molar-refractivity contribution in [2.45, 2.75) is 0 Å². The maximum Gasteiger partial charge on any atom is 0.360 e. The average Bonchev–Trinajstić information content (AvgIpc) is 2.87. The van der Waals surface area contributed by atoms with E-state index in [1.54, 1.807) is 12.1 Å². The zero-order chi connectivity index (χ0) is 13.1. The number of hydrogen-bond acceptors (Lipinski definition) is 5. The van der Waals surface area contributed by atoms with Crippen LogP contribution in [-0.4, -0.2) is 39.1 Å². The van der Waals surface area contributed by atoms with Crippen LogP contribution in [-0.2, 0) is 4.74 Å². The normalized spacial score (nSPS) is 10.1. The number of esters is 1. The number of aromatic nitrogens is 3. The molecule has 0 aliphatic rings. The van der Waals surface area contributed by atoms with Crippen LogP contribution in [0.2, 0.25) is 0 Å². The second kappa shape index (κ2) is 4.66. The molecule has 2 aromatic rings. The van der Waals surface area contributed by atoms with Gasteiger partial charge in [0, 0.05) is 0 Å². The first-order valence-corrected chi connectivity index (χ1v) is 4.96. The van der Waals surface area contributed by atoms with E-state index in [1.165, 1.54) is 30.1 Å². The number of carboxylic acids is 1. The molecule has 0 saturated heterocycles. The highest BCUT2D eigenvalue weighted by Crippen LogP contribution is 2.09. The van der Waals surface area contributed by atoms with E-state index in [4.69, 9.17) is 5.11 Å². The van der Waals surface area contributed by atoms with Gasteiger partial charge in [0.1, 0.15) is 0 Å². The number of methoxy groups -OCH3 is 1. The molecule has 0 bridgehead atoms. The van der Waals surface area contributed by atoms with Crippen molar-refractivity contribution in [2.24, 2.45) is 0 Å². The summed E-state index contributed by atoms with van der Waals surface area (Å²) >= 11 is 0. The molecular weight excluding hydrogens is 238 g/mol. The molecule has 1 aromatic carbocycles. The van der Waals surface area contributed by atoms with Gasteiger partial charge in [0.05, 0.1) is 24.6 Å². The molecule has 0 fully saturated rings. The highest BCUT2D eigenvalue weighted by Gasteiger charge is 2.11. The summed E-state index contributed by atoms with van der Waals surface area (Å²) in [5.74, 6) is -1.58. The van der Waals surface area contributed by atoms with Gasteiger partial charge in [0.25, 0.3) is 0 Å². The smallest absolute Gasteiger partial charge is 0.360 e. The first-order chi connectivity index (χ1) is 8.61. The van der Waals surface area contributed by atoms with Crippen LogP contribution in [0.3, 0.4) is 0 Å². The van der Waals surface area contributed by atoms with Crippen LogP contribution in [0.25, 0.3) is 5.69 Å². The number of benzene rings is 1. The molecule has 7 heteroatoms. The number of aromatic carboxylic acids is 1. The van der Waals surface area contributed by atoms with Crippen LogP contribution in [0.15, 0.2) is 30.5 Å². The molecule has 0 saturated carbocycles. The number of carbonyl (C=O) groups excluding carboxylic acids is 1. The number of ether oxygens (including phenoxy) is 1. The molecule has 0 atom stereocenters. The van der Waals surface area contributed by atoms with Gasteiger partial charge in [-0.05, 0) is 24.3 Å². The van der Waals surface area contributed by atoms with Crippen molar-refractivity contribution in [3.63, 3.8) is 0 Å². The Morgan fingerprint density at radius 1 is 1.28 bits per heavy atom. The third kappa shape index (κ3) is 2.19. The molecule has 1 heterocycles. The lowest BCUT2D eigenvalue weighted by atomic mass is 10.2. The fourth-order valence-electron chi connectivity index (χ4n) is 1.34. The molecule has 0 spiro atoms. The van der Waals surface area contributed by atoms with E-state index in [9.17, 15) is 9.59 Å². The topological polar surface area (TPSA) is 94.3 Å². The first-order valence-electron chi connectivity index (χ1n) is 4.96. The molecule has 0 radical (unpaired) electrons. The van der Waals surface area contributed by atoms with Crippen molar-refractivity contribution >= 4 is 11.9 Å². The quantitative estimate of drug-likeness (QED) is 0.804. The lowest BCUT2D eigenvalue weighted by Crippen LogP contribution is -2.01. The minimum Gasteiger partial charge on any atom is -0.478 e. The predicted molar refractivity (Wildman–Crippen MR) is 59.7 cm³/mol. The molecule has 0 amide bonds. The molecule has 1 aromatic heterocycles. The molecule has 0 aliphatic carbocycles. The van der Waals surface area contributed by atoms with Crippen molar-refractivity contribution in [1.29, 1.82) is 0 Å². The van der Waals surface area contributed by atoms with E-state index in [0.717, 1.165) is 0 Å². The van der Waals surface area contributed by atoms with Crippen molar-refractivity contribution in [3.8, 4) is 5.69 Å².